The topological polar surface area (TPSA) is 123 Å². The van der Waals surface area contributed by atoms with Gasteiger partial charge in [0.05, 0.1) is 23.6 Å². The van der Waals surface area contributed by atoms with Crippen LogP contribution in [0.5, 0.6) is 17.2 Å². The van der Waals surface area contributed by atoms with Gasteiger partial charge in [0.15, 0.2) is 18.1 Å². The average Bonchev–Trinajstić information content (AvgIpc) is 3.21. The normalized spacial score (nSPS) is 13.7. The Morgan fingerprint density at radius 3 is 2.26 bits per heavy atom. The predicted molar refractivity (Wildman–Crippen MR) is 157 cm³/mol. The molecule has 0 atom stereocenters. The van der Waals surface area contributed by atoms with Gasteiger partial charge in [-0.05, 0) is 91.0 Å². The highest BCUT2D eigenvalue weighted by atomic mass is 35.5. The number of nitrogens with zero attached hydrogens (tertiary/aromatic N) is 1. The molecule has 0 spiro atoms. The second kappa shape index (κ2) is 13.9. The predicted octanol–water partition coefficient (Wildman–Crippen LogP) is 5.58. The summed E-state index contributed by atoms with van der Waals surface area (Å²) in [6.07, 6.45) is 1.44. The summed E-state index contributed by atoms with van der Waals surface area (Å²) in [5.41, 5.74) is 1.30. The van der Waals surface area contributed by atoms with Gasteiger partial charge in [0.25, 0.3) is 17.1 Å². The summed E-state index contributed by atoms with van der Waals surface area (Å²) in [4.78, 5) is 51.2. The Morgan fingerprint density at radius 2 is 1.62 bits per heavy atom. The van der Waals surface area contributed by atoms with Crippen LogP contribution in [-0.2, 0) is 14.4 Å². The van der Waals surface area contributed by atoms with Crippen molar-refractivity contribution in [2.24, 2.45) is 0 Å². The van der Waals surface area contributed by atoms with Crippen LogP contribution in [0.25, 0.3) is 6.08 Å². The number of anilines is 2. The van der Waals surface area contributed by atoms with Crippen LogP contribution in [0, 0.1) is 5.82 Å². The van der Waals surface area contributed by atoms with E-state index in [-0.39, 0.29) is 21.4 Å². The van der Waals surface area contributed by atoms with Crippen LogP contribution in [-0.4, -0.2) is 54.7 Å². The van der Waals surface area contributed by atoms with E-state index >= 15 is 0 Å². The molecule has 1 aliphatic rings. The molecule has 1 saturated heterocycles. The fourth-order valence-corrected chi connectivity index (χ4v) is 4.88. The number of rotatable bonds is 11. The molecule has 3 aromatic carbocycles. The van der Waals surface area contributed by atoms with Crippen molar-refractivity contribution < 1.29 is 37.8 Å². The first-order valence-electron chi connectivity index (χ1n) is 12.5. The van der Waals surface area contributed by atoms with Gasteiger partial charge in [-0.25, -0.2) is 4.39 Å². The van der Waals surface area contributed by atoms with E-state index in [0.29, 0.717) is 41.1 Å². The summed E-state index contributed by atoms with van der Waals surface area (Å²) >= 11 is 7.07. The Kier molecular flexibility index (Phi) is 10.0. The molecule has 0 unspecified atom stereocenters. The third-order valence-electron chi connectivity index (χ3n) is 5.65. The van der Waals surface area contributed by atoms with E-state index in [9.17, 15) is 23.6 Å². The number of hydrogen-bond donors (Lipinski definition) is 2. The highest BCUT2D eigenvalue weighted by Crippen LogP contribution is 2.39. The van der Waals surface area contributed by atoms with Gasteiger partial charge in [0.2, 0.25) is 5.91 Å². The van der Waals surface area contributed by atoms with Gasteiger partial charge in [-0.1, -0.05) is 11.6 Å². The van der Waals surface area contributed by atoms with Gasteiger partial charge < -0.3 is 24.8 Å². The summed E-state index contributed by atoms with van der Waals surface area (Å²) in [5, 5.41) is 4.70. The Labute approximate surface area is 249 Å². The number of imide groups is 1. The molecule has 0 bridgehead atoms. The molecule has 13 heteroatoms. The molecule has 1 heterocycles. The maximum atomic E-state index is 13.1. The first-order valence-corrected chi connectivity index (χ1v) is 13.7. The summed E-state index contributed by atoms with van der Waals surface area (Å²) in [6, 6.07) is 14.9. The number of hydrogen-bond acceptors (Lipinski definition) is 8. The van der Waals surface area contributed by atoms with Gasteiger partial charge in [-0.3, -0.25) is 24.1 Å². The van der Waals surface area contributed by atoms with Crippen molar-refractivity contribution in [3.05, 3.63) is 82.0 Å². The Morgan fingerprint density at radius 1 is 0.976 bits per heavy atom. The Hall–Kier alpha value is -4.55. The molecule has 10 nitrogen and oxygen atoms in total. The SMILES string of the molecule is CCOc1ccc(NC(=O)CN2C(=O)S/C(=C/c3cc(Cl)c(OCC(=O)Nc4ccc(F)cc4)c(OC)c3)C2=O)cc1. The zero-order valence-electron chi connectivity index (χ0n) is 22.4. The van der Waals surface area contributed by atoms with Crippen molar-refractivity contribution in [3.8, 4) is 17.2 Å². The third-order valence-corrected chi connectivity index (χ3v) is 6.84. The number of carbonyl (C=O) groups is 4. The average molecular weight is 614 g/mol. The molecular weight excluding hydrogens is 589 g/mol. The van der Waals surface area contributed by atoms with Crippen molar-refractivity contribution in [2.45, 2.75) is 6.92 Å². The lowest BCUT2D eigenvalue weighted by molar-refractivity contribution is -0.127. The molecule has 42 heavy (non-hydrogen) atoms. The standard InChI is InChI=1S/C29H25ClFN3O7S/c1-3-40-21-10-8-20(9-11-21)32-25(35)15-34-28(37)24(42-29(34)38)14-17-12-22(30)27(23(13-17)39-2)41-16-26(36)33-19-6-4-18(31)5-7-19/h4-14H,3,15-16H2,1-2H3,(H,32,35)(H,33,36)/b24-14+. The van der Waals surface area contributed by atoms with Gasteiger partial charge in [0.1, 0.15) is 18.1 Å². The van der Waals surface area contributed by atoms with Crippen molar-refractivity contribution in [2.75, 3.05) is 37.5 Å². The molecular formula is C29H25ClFN3O7S. The Balaban J connectivity index is 1.39. The molecule has 1 fully saturated rings. The number of thioether (sulfide) groups is 1. The lowest BCUT2D eigenvalue weighted by Crippen LogP contribution is -2.36. The summed E-state index contributed by atoms with van der Waals surface area (Å²) < 4.78 is 29.3. The number of halogens is 2. The van der Waals surface area contributed by atoms with Crippen molar-refractivity contribution in [1.29, 1.82) is 0 Å². The lowest BCUT2D eigenvalue weighted by atomic mass is 10.1. The smallest absolute Gasteiger partial charge is 0.294 e. The van der Waals surface area contributed by atoms with Crippen molar-refractivity contribution >= 4 is 63.8 Å². The van der Waals surface area contributed by atoms with Gasteiger partial charge in [0, 0.05) is 11.4 Å². The largest absolute Gasteiger partial charge is 0.494 e. The quantitative estimate of drug-likeness (QED) is 0.269. The van der Waals surface area contributed by atoms with Gasteiger partial charge in [-0.2, -0.15) is 0 Å². The van der Waals surface area contributed by atoms with Crippen molar-refractivity contribution in [3.63, 3.8) is 0 Å². The van der Waals surface area contributed by atoms with E-state index in [0.717, 1.165) is 4.90 Å². The second-order valence-corrected chi connectivity index (χ2v) is 10.1. The molecule has 1 aliphatic heterocycles. The van der Waals surface area contributed by atoms with Crippen LogP contribution >= 0.6 is 23.4 Å². The number of ether oxygens (including phenoxy) is 3. The number of methoxy groups -OCH3 is 1. The molecule has 218 valence electrons. The summed E-state index contributed by atoms with van der Waals surface area (Å²) in [6.45, 7) is 1.49. The lowest BCUT2D eigenvalue weighted by Gasteiger charge is -2.14. The maximum Gasteiger partial charge on any atom is 0.294 e. The fourth-order valence-electron chi connectivity index (χ4n) is 3.76. The molecule has 3 aromatic rings. The number of benzene rings is 3. The van der Waals surface area contributed by atoms with E-state index < -0.39 is 41.9 Å². The van der Waals surface area contributed by atoms with Gasteiger partial charge >= 0.3 is 0 Å². The van der Waals surface area contributed by atoms with Crippen LogP contribution in [0.3, 0.4) is 0 Å². The first kappa shape index (κ1) is 30.4. The molecule has 0 aliphatic carbocycles. The summed E-state index contributed by atoms with van der Waals surface area (Å²) in [7, 11) is 1.37. The monoisotopic (exact) mass is 613 g/mol. The molecule has 0 aromatic heterocycles. The van der Waals surface area contributed by atoms with E-state index in [2.05, 4.69) is 10.6 Å². The first-order chi connectivity index (χ1) is 20.2. The van der Waals surface area contributed by atoms with E-state index in [1.807, 2.05) is 6.92 Å². The number of amides is 4. The highest BCUT2D eigenvalue weighted by Gasteiger charge is 2.36. The molecule has 4 amide bonds. The minimum atomic E-state index is -0.639. The van der Waals surface area contributed by atoms with E-state index in [1.54, 1.807) is 24.3 Å². The molecule has 0 radical (unpaired) electrons. The zero-order chi connectivity index (χ0) is 30.2. The maximum absolute atomic E-state index is 13.1. The minimum Gasteiger partial charge on any atom is -0.494 e. The Bertz CT molecular complexity index is 1530. The van der Waals surface area contributed by atoms with Gasteiger partial charge in [-0.15, -0.1) is 0 Å². The third kappa shape index (κ3) is 7.80. The molecule has 4 rings (SSSR count). The summed E-state index contributed by atoms with van der Waals surface area (Å²) in [5.74, 6) is -1.21. The van der Waals surface area contributed by atoms with E-state index in [4.69, 9.17) is 25.8 Å². The van der Waals surface area contributed by atoms with Crippen LogP contribution in [0.15, 0.2) is 65.6 Å². The highest BCUT2D eigenvalue weighted by molar-refractivity contribution is 8.18. The number of carbonyl (C=O) groups excluding carboxylic acids is 4. The second-order valence-electron chi connectivity index (χ2n) is 8.65. The zero-order valence-corrected chi connectivity index (χ0v) is 24.0. The van der Waals surface area contributed by atoms with E-state index in [1.165, 1.54) is 49.6 Å². The van der Waals surface area contributed by atoms with Crippen LogP contribution in [0.4, 0.5) is 20.6 Å². The molecule has 0 saturated carbocycles. The van der Waals surface area contributed by atoms with Crippen LogP contribution in [0.2, 0.25) is 5.02 Å². The fraction of sp³-hybridized carbons (Fsp3) is 0.172. The molecule has 2 N–H and O–H groups in total. The van der Waals surface area contributed by atoms with Crippen LogP contribution in [0.1, 0.15) is 12.5 Å². The van der Waals surface area contributed by atoms with Crippen LogP contribution < -0.4 is 24.8 Å². The van der Waals surface area contributed by atoms with Crippen molar-refractivity contribution in [1.82, 2.24) is 4.90 Å². The number of nitrogens with one attached hydrogen (secondary N) is 2. The minimum absolute atomic E-state index is 0.0827.